The Hall–Kier alpha value is -5.51. The van der Waals surface area contributed by atoms with E-state index in [1.165, 1.54) is 47.5 Å². The molecule has 6 aromatic carbocycles. The number of rotatable bonds is 4. The molecule has 0 bridgehead atoms. The molecule has 0 aliphatic heterocycles. The van der Waals surface area contributed by atoms with Crippen LogP contribution in [0, 0.1) is 0 Å². The lowest BCUT2D eigenvalue weighted by Gasteiger charge is -2.11. The van der Waals surface area contributed by atoms with Crippen LogP contribution in [0.3, 0.4) is 0 Å². The van der Waals surface area contributed by atoms with E-state index >= 15 is 0 Å². The molecule has 3 heteroatoms. The van der Waals surface area contributed by atoms with Gasteiger partial charge < -0.3 is 4.57 Å². The van der Waals surface area contributed by atoms with Crippen LogP contribution >= 0.6 is 11.3 Å². The van der Waals surface area contributed by atoms with Crippen LogP contribution in [-0.2, 0) is 0 Å². The van der Waals surface area contributed by atoms with Gasteiger partial charge >= 0.3 is 0 Å². The molecule has 0 N–H and O–H groups in total. The van der Waals surface area contributed by atoms with Crippen LogP contribution in [0.5, 0.6) is 0 Å². The van der Waals surface area contributed by atoms with Crippen molar-refractivity contribution in [2.24, 2.45) is 0 Å². The lowest BCUT2D eigenvalue weighted by atomic mass is 9.99. The largest absolute Gasteiger partial charge is 0.309 e. The SMILES string of the molecule is c1ccc(-c2cc(-c3ccccc3)nc(-c3ccc4c(c3)c3c5sc6ccccc6c5ccc3n4-c3ccccc3)c2)cc1. The standard InChI is InChI=1S/C41H26N2S/c1-4-12-27(13-5-1)30-25-35(28-14-6-2-7-15-28)42-36(26-30)29-20-22-37-34(24-29)40-38(43(37)31-16-8-3-9-17-31)23-21-33-32-18-10-11-19-39(32)44-41(33)40/h1-26H. The number of aromatic nitrogens is 2. The van der Waals surface area contributed by atoms with E-state index in [9.17, 15) is 0 Å². The molecule has 0 aliphatic carbocycles. The van der Waals surface area contributed by atoms with E-state index < -0.39 is 0 Å². The van der Waals surface area contributed by atoms with Gasteiger partial charge in [0.2, 0.25) is 0 Å². The predicted octanol–water partition coefficient (Wildman–Crippen LogP) is 11.5. The molecule has 0 aliphatic rings. The van der Waals surface area contributed by atoms with E-state index in [0.717, 1.165) is 33.8 Å². The molecular formula is C41H26N2S. The van der Waals surface area contributed by atoms with Crippen molar-refractivity contribution in [3.8, 4) is 39.3 Å². The zero-order valence-electron chi connectivity index (χ0n) is 23.8. The molecule has 2 nitrogen and oxygen atoms in total. The molecule has 44 heavy (non-hydrogen) atoms. The van der Waals surface area contributed by atoms with Crippen molar-refractivity contribution in [1.82, 2.24) is 9.55 Å². The second-order valence-corrected chi connectivity index (χ2v) is 12.2. The van der Waals surface area contributed by atoms with Crippen molar-refractivity contribution >= 4 is 53.3 Å². The maximum Gasteiger partial charge on any atom is 0.0715 e. The minimum absolute atomic E-state index is 0.969. The van der Waals surface area contributed by atoms with Gasteiger partial charge in [0, 0.05) is 47.8 Å². The number of benzene rings is 6. The van der Waals surface area contributed by atoms with Crippen molar-refractivity contribution in [2.75, 3.05) is 0 Å². The van der Waals surface area contributed by atoms with Gasteiger partial charge in [-0.15, -0.1) is 11.3 Å². The van der Waals surface area contributed by atoms with E-state index in [0.29, 0.717) is 0 Å². The van der Waals surface area contributed by atoms with E-state index in [4.69, 9.17) is 4.98 Å². The number of pyridine rings is 1. The molecule has 9 rings (SSSR count). The number of para-hydroxylation sites is 1. The highest BCUT2D eigenvalue weighted by Crippen LogP contribution is 2.44. The van der Waals surface area contributed by atoms with Gasteiger partial charge in [0.15, 0.2) is 0 Å². The summed E-state index contributed by atoms with van der Waals surface area (Å²) in [5.74, 6) is 0. The monoisotopic (exact) mass is 578 g/mol. The predicted molar refractivity (Wildman–Crippen MR) is 188 cm³/mol. The molecule has 0 atom stereocenters. The summed E-state index contributed by atoms with van der Waals surface area (Å²) in [5.41, 5.74) is 10.1. The number of hydrogen-bond acceptors (Lipinski definition) is 2. The normalized spacial score (nSPS) is 11.6. The van der Waals surface area contributed by atoms with Crippen LogP contribution in [0.2, 0.25) is 0 Å². The lowest BCUT2D eigenvalue weighted by Crippen LogP contribution is -1.93. The summed E-state index contributed by atoms with van der Waals surface area (Å²) in [7, 11) is 0. The van der Waals surface area contributed by atoms with E-state index in [2.05, 4.69) is 162 Å². The van der Waals surface area contributed by atoms with Gasteiger partial charge in [0.25, 0.3) is 0 Å². The first-order chi connectivity index (χ1) is 21.8. The minimum atomic E-state index is 0.969. The first-order valence-corrected chi connectivity index (χ1v) is 15.7. The smallest absolute Gasteiger partial charge is 0.0715 e. The van der Waals surface area contributed by atoms with Crippen LogP contribution in [-0.4, -0.2) is 9.55 Å². The second kappa shape index (κ2) is 10.0. The third kappa shape index (κ3) is 3.98. The average molecular weight is 579 g/mol. The van der Waals surface area contributed by atoms with Crippen molar-refractivity contribution in [1.29, 1.82) is 0 Å². The van der Waals surface area contributed by atoms with E-state index in [1.807, 2.05) is 11.3 Å². The molecule has 0 saturated heterocycles. The van der Waals surface area contributed by atoms with Crippen LogP contribution in [0.25, 0.3) is 81.3 Å². The molecule has 0 unspecified atom stereocenters. The molecule has 206 valence electrons. The highest BCUT2D eigenvalue weighted by molar-refractivity contribution is 7.26. The summed E-state index contributed by atoms with van der Waals surface area (Å²) in [6.07, 6.45) is 0. The zero-order chi connectivity index (χ0) is 29.0. The van der Waals surface area contributed by atoms with E-state index in [-0.39, 0.29) is 0 Å². The minimum Gasteiger partial charge on any atom is -0.309 e. The van der Waals surface area contributed by atoms with Crippen LogP contribution < -0.4 is 0 Å². The van der Waals surface area contributed by atoms with Crippen LogP contribution in [0.4, 0.5) is 0 Å². The first kappa shape index (κ1) is 25.0. The van der Waals surface area contributed by atoms with Crippen molar-refractivity contribution in [3.05, 3.63) is 158 Å². The maximum absolute atomic E-state index is 5.24. The Balaban J connectivity index is 1.35. The average Bonchev–Trinajstić information content (AvgIpc) is 3.64. The van der Waals surface area contributed by atoms with Gasteiger partial charge in [0.1, 0.15) is 0 Å². The molecule has 3 heterocycles. The molecule has 9 aromatic rings. The number of fused-ring (bicyclic) bond motifs is 7. The lowest BCUT2D eigenvalue weighted by molar-refractivity contribution is 1.18. The summed E-state index contributed by atoms with van der Waals surface area (Å²) in [5, 5.41) is 5.17. The van der Waals surface area contributed by atoms with Crippen LogP contribution in [0.15, 0.2) is 158 Å². The third-order valence-electron chi connectivity index (χ3n) is 8.58. The summed E-state index contributed by atoms with van der Waals surface area (Å²) in [4.78, 5) is 5.24. The van der Waals surface area contributed by atoms with E-state index in [1.54, 1.807) is 0 Å². The summed E-state index contributed by atoms with van der Waals surface area (Å²) in [6.45, 7) is 0. The Labute approximate surface area is 259 Å². The fourth-order valence-electron chi connectivity index (χ4n) is 6.53. The number of hydrogen-bond donors (Lipinski definition) is 0. The van der Waals surface area contributed by atoms with Crippen LogP contribution in [0.1, 0.15) is 0 Å². The molecule has 0 spiro atoms. The van der Waals surface area contributed by atoms with Gasteiger partial charge in [-0.1, -0.05) is 109 Å². The fraction of sp³-hybridized carbons (Fsp3) is 0. The summed E-state index contributed by atoms with van der Waals surface area (Å²) < 4.78 is 5.05. The van der Waals surface area contributed by atoms with Gasteiger partial charge in [-0.25, -0.2) is 4.98 Å². The molecule has 0 amide bonds. The Bertz CT molecular complexity index is 2420. The Morgan fingerprint density at radius 1 is 0.432 bits per heavy atom. The fourth-order valence-corrected chi connectivity index (χ4v) is 7.79. The Morgan fingerprint density at radius 3 is 1.84 bits per heavy atom. The van der Waals surface area contributed by atoms with Crippen molar-refractivity contribution < 1.29 is 0 Å². The number of nitrogens with zero attached hydrogens (tertiary/aromatic N) is 2. The van der Waals surface area contributed by atoms with Gasteiger partial charge in [0.05, 0.1) is 22.4 Å². The Morgan fingerprint density at radius 2 is 1.07 bits per heavy atom. The summed E-state index contributed by atoms with van der Waals surface area (Å²) in [6, 6.07) is 56.4. The highest BCUT2D eigenvalue weighted by Gasteiger charge is 2.19. The van der Waals surface area contributed by atoms with Crippen molar-refractivity contribution in [2.45, 2.75) is 0 Å². The second-order valence-electron chi connectivity index (χ2n) is 11.2. The van der Waals surface area contributed by atoms with Crippen molar-refractivity contribution in [3.63, 3.8) is 0 Å². The maximum atomic E-state index is 5.24. The molecular weight excluding hydrogens is 553 g/mol. The number of thiophene rings is 1. The van der Waals surface area contributed by atoms with Gasteiger partial charge in [-0.05, 0) is 59.7 Å². The Kier molecular flexibility index (Phi) is 5.71. The highest BCUT2D eigenvalue weighted by atomic mass is 32.1. The first-order valence-electron chi connectivity index (χ1n) is 14.9. The molecule has 0 saturated carbocycles. The topological polar surface area (TPSA) is 17.8 Å². The third-order valence-corrected chi connectivity index (χ3v) is 9.79. The van der Waals surface area contributed by atoms with Gasteiger partial charge in [-0.2, -0.15) is 0 Å². The molecule has 0 fully saturated rings. The molecule has 0 radical (unpaired) electrons. The quantitative estimate of drug-likeness (QED) is 0.203. The molecule has 3 aromatic heterocycles. The summed E-state index contributed by atoms with van der Waals surface area (Å²) >= 11 is 1.89. The van der Waals surface area contributed by atoms with Gasteiger partial charge in [-0.3, -0.25) is 0 Å². The zero-order valence-corrected chi connectivity index (χ0v) is 24.6.